The maximum atomic E-state index is 14.6. The topological polar surface area (TPSA) is 85.0 Å². The third-order valence-electron chi connectivity index (χ3n) is 5.11. The number of guanidine groups is 1. The normalized spacial score (nSPS) is 26.2. The van der Waals surface area contributed by atoms with Crippen LogP contribution in [0.4, 0.5) is 13.2 Å². The molecule has 6 nitrogen and oxygen atoms in total. The Morgan fingerprint density at radius 1 is 1.36 bits per heavy atom. The van der Waals surface area contributed by atoms with E-state index < -0.39 is 38.8 Å². The van der Waals surface area contributed by atoms with Crippen LogP contribution in [0.3, 0.4) is 0 Å². The summed E-state index contributed by atoms with van der Waals surface area (Å²) in [5, 5.41) is 0. The first-order chi connectivity index (χ1) is 13.0. The van der Waals surface area contributed by atoms with Crippen LogP contribution in [0, 0.1) is 17.6 Å². The monoisotopic (exact) mass is 417 g/mol. The number of hydrogen-bond acceptors (Lipinski definition) is 5. The third kappa shape index (κ3) is 3.88. The number of halogens is 3. The molecule has 1 atom stereocenters. The Balaban J connectivity index is 2.05. The lowest BCUT2D eigenvalue weighted by atomic mass is 9.91. The van der Waals surface area contributed by atoms with Gasteiger partial charge in [-0.15, -0.1) is 0 Å². The number of nitrogens with two attached hydrogens (primary N) is 1. The zero-order valence-electron chi connectivity index (χ0n) is 15.6. The summed E-state index contributed by atoms with van der Waals surface area (Å²) in [6.45, 7) is 2.23. The Morgan fingerprint density at radius 3 is 2.61 bits per heavy atom. The Morgan fingerprint density at radius 2 is 2.00 bits per heavy atom. The van der Waals surface area contributed by atoms with Crippen molar-refractivity contribution in [2.75, 3.05) is 26.0 Å². The van der Waals surface area contributed by atoms with Crippen molar-refractivity contribution in [2.24, 2.45) is 16.6 Å². The minimum Gasteiger partial charge on any atom is -0.381 e. The van der Waals surface area contributed by atoms with Crippen molar-refractivity contribution >= 4 is 22.1 Å². The number of rotatable bonds is 3. The number of allylic oxidation sites excluding steroid dienone is 1. The summed E-state index contributed by atoms with van der Waals surface area (Å²) in [6.07, 6.45) is 2.14. The zero-order valence-corrected chi connectivity index (χ0v) is 16.4. The van der Waals surface area contributed by atoms with Gasteiger partial charge in [0.05, 0.1) is 5.75 Å². The second-order valence-electron chi connectivity index (χ2n) is 7.25. The van der Waals surface area contributed by atoms with Crippen LogP contribution in [0.1, 0.15) is 30.9 Å². The van der Waals surface area contributed by atoms with E-state index >= 15 is 0 Å². The van der Waals surface area contributed by atoms with E-state index in [0.29, 0.717) is 26.1 Å². The van der Waals surface area contributed by atoms with Gasteiger partial charge in [0.1, 0.15) is 11.4 Å². The Bertz CT molecular complexity index is 943. The van der Waals surface area contributed by atoms with E-state index in [1.54, 1.807) is 0 Å². The number of aliphatic imine (C=N–C) groups is 1. The van der Waals surface area contributed by atoms with Crippen LogP contribution >= 0.6 is 0 Å². The molecule has 0 radical (unpaired) electrons. The van der Waals surface area contributed by atoms with Crippen molar-refractivity contribution in [3.63, 3.8) is 0 Å². The van der Waals surface area contributed by atoms with Gasteiger partial charge in [0.2, 0.25) is 16.0 Å². The first-order valence-corrected chi connectivity index (χ1v) is 10.4. The molecule has 2 heterocycles. The second-order valence-corrected chi connectivity index (χ2v) is 9.25. The zero-order chi connectivity index (χ0) is 20.7. The van der Waals surface area contributed by atoms with Crippen LogP contribution < -0.4 is 5.73 Å². The molecule has 28 heavy (non-hydrogen) atoms. The molecule has 10 heteroatoms. The number of sulfonamides is 1. The fourth-order valence-electron chi connectivity index (χ4n) is 3.42. The molecule has 1 aromatic carbocycles. The molecular formula is C18H22F3N3O3S. The van der Waals surface area contributed by atoms with Gasteiger partial charge < -0.3 is 10.5 Å². The van der Waals surface area contributed by atoms with Gasteiger partial charge in [-0.3, -0.25) is 0 Å². The first kappa shape index (κ1) is 20.7. The van der Waals surface area contributed by atoms with Gasteiger partial charge in [0.25, 0.3) is 0 Å². The predicted octanol–water partition coefficient (Wildman–Crippen LogP) is 2.51. The van der Waals surface area contributed by atoms with Gasteiger partial charge in [-0.25, -0.2) is 30.9 Å². The molecule has 1 aromatic rings. The molecule has 2 N–H and O–H groups in total. The summed E-state index contributed by atoms with van der Waals surface area (Å²) in [5.74, 6) is -4.17. The molecule has 2 aliphatic heterocycles. The van der Waals surface area contributed by atoms with E-state index in [1.807, 2.05) is 0 Å². The Hall–Kier alpha value is -2.07. The van der Waals surface area contributed by atoms with E-state index in [4.69, 9.17) is 10.5 Å². The maximum Gasteiger partial charge on any atom is 0.239 e. The van der Waals surface area contributed by atoms with E-state index in [9.17, 15) is 21.6 Å². The standard InChI is InChI=1S/C18H22F3N3O3S/c1-18(10-28(25,26)24(2)17(22)23-18)13-7-11(9-15(20)16(13)21)8-14(19)12-3-5-27-6-4-12/h7-9,12H,3-6,10H2,1-2H3,(H2,22,23). The SMILES string of the molecule is CN1C(N)=NC(C)(c2cc(C=C(F)C3CCOCC3)cc(F)c2F)CS1(=O)=O. The van der Waals surface area contributed by atoms with Crippen molar-refractivity contribution < 1.29 is 26.3 Å². The van der Waals surface area contributed by atoms with Crippen molar-refractivity contribution in [2.45, 2.75) is 25.3 Å². The summed E-state index contributed by atoms with van der Waals surface area (Å²) < 4.78 is 74.0. The summed E-state index contributed by atoms with van der Waals surface area (Å²) in [5.41, 5.74) is 3.82. The lowest BCUT2D eigenvalue weighted by molar-refractivity contribution is 0.0705. The highest BCUT2D eigenvalue weighted by atomic mass is 32.2. The van der Waals surface area contributed by atoms with Gasteiger partial charge in [-0.1, -0.05) is 0 Å². The predicted molar refractivity (Wildman–Crippen MR) is 99.5 cm³/mol. The quantitative estimate of drug-likeness (QED) is 0.819. The van der Waals surface area contributed by atoms with Crippen molar-refractivity contribution in [3.05, 3.63) is 40.7 Å². The van der Waals surface area contributed by atoms with Crippen LogP contribution in [0.2, 0.25) is 0 Å². The highest BCUT2D eigenvalue weighted by Gasteiger charge is 2.42. The fourth-order valence-corrected chi connectivity index (χ4v) is 4.87. The molecule has 3 rings (SSSR count). The summed E-state index contributed by atoms with van der Waals surface area (Å²) in [4.78, 5) is 4.08. The van der Waals surface area contributed by atoms with Crippen LogP contribution in [0.25, 0.3) is 6.08 Å². The second kappa shape index (κ2) is 7.40. The highest BCUT2D eigenvalue weighted by Crippen LogP contribution is 2.35. The lowest BCUT2D eigenvalue weighted by Gasteiger charge is -2.34. The van der Waals surface area contributed by atoms with Gasteiger partial charge >= 0.3 is 0 Å². The highest BCUT2D eigenvalue weighted by molar-refractivity contribution is 7.89. The van der Waals surface area contributed by atoms with Crippen molar-refractivity contribution in [1.82, 2.24) is 4.31 Å². The average Bonchev–Trinajstić information content (AvgIpc) is 2.62. The number of hydrogen-bond donors (Lipinski definition) is 1. The molecule has 0 amide bonds. The van der Waals surface area contributed by atoms with Gasteiger partial charge in [0, 0.05) is 31.7 Å². The minimum absolute atomic E-state index is 0.0872. The van der Waals surface area contributed by atoms with E-state index in [0.717, 1.165) is 16.4 Å². The summed E-state index contributed by atoms with van der Waals surface area (Å²) >= 11 is 0. The third-order valence-corrected chi connectivity index (χ3v) is 7.06. The molecule has 0 saturated carbocycles. The van der Waals surface area contributed by atoms with Gasteiger partial charge in [-0.05, 0) is 43.5 Å². The molecule has 0 aromatic heterocycles. The molecule has 0 spiro atoms. The van der Waals surface area contributed by atoms with E-state index in [1.165, 1.54) is 20.0 Å². The molecule has 0 aliphatic carbocycles. The molecule has 1 unspecified atom stereocenters. The first-order valence-electron chi connectivity index (χ1n) is 8.80. The number of nitrogens with zero attached hydrogens (tertiary/aromatic N) is 2. The minimum atomic E-state index is -3.86. The molecule has 154 valence electrons. The Kier molecular flexibility index (Phi) is 5.46. The average molecular weight is 417 g/mol. The number of ether oxygens (including phenoxy) is 1. The smallest absolute Gasteiger partial charge is 0.239 e. The molecule has 1 saturated heterocycles. The van der Waals surface area contributed by atoms with E-state index in [2.05, 4.69) is 4.99 Å². The molecule has 1 fully saturated rings. The van der Waals surface area contributed by atoms with Crippen molar-refractivity contribution in [1.29, 1.82) is 0 Å². The van der Waals surface area contributed by atoms with E-state index in [-0.39, 0.29) is 23.0 Å². The summed E-state index contributed by atoms with van der Waals surface area (Å²) in [7, 11) is -2.63. The maximum absolute atomic E-state index is 14.6. The van der Waals surface area contributed by atoms with Gasteiger partial charge in [-0.2, -0.15) is 0 Å². The van der Waals surface area contributed by atoms with Crippen LogP contribution in [-0.4, -0.2) is 44.7 Å². The molecule has 2 aliphatic rings. The Labute approximate surface area is 161 Å². The molecule has 0 bridgehead atoms. The fraction of sp³-hybridized carbons (Fsp3) is 0.500. The van der Waals surface area contributed by atoms with Gasteiger partial charge in [0.15, 0.2) is 11.6 Å². The van der Waals surface area contributed by atoms with Crippen molar-refractivity contribution in [3.8, 4) is 0 Å². The van der Waals surface area contributed by atoms with Crippen LogP contribution in [-0.2, 0) is 20.3 Å². The van der Waals surface area contributed by atoms with Crippen LogP contribution in [0.5, 0.6) is 0 Å². The number of benzene rings is 1. The lowest BCUT2D eigenvalue weighted by Crippen LogP contribution is -2.50. The molecular weight excluding hydrogens is 395 g/mol. The largest absolute Gasteiger partial charge is 0.381 e. The summed E-state index contributed by atoms with van der Waals surface area (Å²) in [6, 6.07) is 2.09. The van der Waals surface area contributed by atoms with Crippen LogP contribution in [0.15, 0.2) is 23.0 Å².